The molecule has 0 aliphatic heterocycles. The van der Waals surface area contributed by atoms with Gasteiger partial charge in [-0.3, -0.25) is 4.79 Å². The molecule has 0 atom stereocenters. The third-order valence-corrected chi connectivity index (χ3v) is 3.37. The SMILES string of the molecule is COc1ccc(C(=O)N(C)C2CCC2)cc1O. The Morgan fingerprint density at radius 2 is 2.18 bits per heavy atom. The third kappa shape index (κ3) is 2.20. The highest BCUT2D eigenvalue weighted by Crippen LogP contribution is 2.29. The van der Waals surface area contributed by atoms with E-state index in [1.165, 1.54) is 19.6 Å². The van der Waals surface area contributed by atoms with Crippen LogP contribution in [0.5, 0.6) is 11.5 Å². The van der Waals surface area contributed by atoms with E-state index in [1.54, 1.807) is 17.0 Å². The van der Waals surface area contributed by atoms with Gasteiger partial charge >= 0.3 is 0 Å². The van der Waals surface area contributed by atoms with E-state index in [9.17, 15) is 9.90 Å². The molecule has 0 radical (unpaired) electrons. The van der Waals surface area contributed by atoms with Crippen molar-refractivity contribution in [2.75, 3.05) is 14.2 Å². The first kappa shape index (κ1) is 11.8. The zero-order valence-corrected chi connectivity index (χ0v) is 10.1. The number of nitrogens with zero attached hydrogens (tertiary/aromatic N) is 1. The van der Waals surface area contributed by atoms with Gasteiger partial charge in [0, 0.05) is 18.7 Å². The maximum Gasteiger partial charge on any atom is 0.253 e. The molecule has 0 bridgehead atoms. The molecule has 0 unspecified atom stereocenters. The highest BCUT2D eigenvalue weighted by molar-refractivity contribution is 5.95. The van der Waals surface area contributed by atoms with Gasteiger partial charge in [-0.25, -0.2) is 0 Å². The standard InChI is InChI=1S/C13H17NO3/c1-14(10-4-3-5-10)13(16)9-6-7-12(17-2)11(15)8-9/h6-8,10,15H,3-5H2,1-2H3. The van der Waals surface area contributed by atoms with Crippen molar-refractivity contribution in [2.24, 2.45) is 0 Å². The van der Waals surface area contributed by atoms with E-state index in [-0.39, 0.29) is 11.7 Å². The molecule has 2 rings (SSSR count). The molecule has 1 amide bonds. The second-order valence-electron chi connectivity index (χ2n) is 4.39. The number of hydrogen-bond donors (Lipinski definition) is 1. The maximum atomic E-state index is 12.1. The Kier molecular flexibility index (Phi) is 3.22. The normalized spacial score (nSPS) is 15.2. The molecule has 4 nitrogen and oxygen atoms in total. The maximum absolute atomic E-state index is 12.1. The predicted molar refractivity (Wildman–Crippen MR) is 64.4 cm³/mol. The number of amides is 1. The van der Waals surface area contributed by atoms with E-state index >= 15 is 0 Å². The van der Waals surface area contributed by atoms with Gasteiger partial charge in [-0.15, -0.1) is 0 Å². The molecule has 0 saturated heterocycles. The first-order chi connectivity index (χ1) is 8.13. The number of carbonyl (C=O) groups excluding carboxylic acids is 1. The molecule has 1 fully saturated rings. The highest BCUT2D eigenvalue weighted by atomic mass is 16.5. The van der Waals surface area contributed by atoms with Crippen LogP contribution in [-0.2, 0) is 0 Å². The molecule has 1 aliphatic carbocycles. The Balaban J connectivity index is 2.15. The van der Waals surface area contributed by atoms with Crippen LogP contribution >= 0.6 is 0 Å². The van der Waals surface area contributed by atoms with Crippen LogP contribution in [0.2, 0.25) is 0 Å². The first-order valence-corrected chi connectivity index (χ1v) is 5.77. The Labute approximate surface area is 101 Å². The van der Waals surface area contributed by atoms with Crippen molar-refractivity contribution in [1.82, 2.24) is 4.90 Å². The molecule has 1 N–H and O–H groups in total. The van der Waals surface area contributed by atoms with E-state index in [4.69, 9.17) is 4.74 Å². The molecule has 0 aromatic heterocycles. The third-order valence-electron chi connectivity index (χ3n) is 3.37. The zero-order chi connectivity index (χ0) is 12.4. The quantitative estimate of drug-likeness (QED) is 0.872. The van der Waals surface area contributed by atoms with Gasteiger partial charge in [0.25, 0.3) is 5.91 Å². The minimum absolute atomic E-state index is 0.000333. The fourth-order valence-corrected chi connectivity index (χ4v) is 1.97. The molecule has 1 aromatic carbocycles. The van der Waals surface area contributed by atoms with E-state index in [0.29, 0.717) is 17.4 Å². The number of benzene rings is 1. The summed E-state index contributed by atoms with van der Waals surface area (Å²) in [6, 6.07) is 5.09. The summed E-state index contributed by atoms with van der Waals surface area (Å²) in [7, 11) is 3.30. The van der Waals surface area contributed by atoms with E-state index in [2.05, 4.69) is 0 Å². The Bertz CT molecular complexity index is 427. The van der Waals surface area contributed by atoms with Crippen LogP contribution in [0.4, 0.5) is 0 Å². The average Bonchev–Trinajstić information content (AvgIpc) is 2.25. The summed E-state index contributed by atoms with van der Waals surface area (Å²) in [5.74, 6) is 0.334. The van der Waals surface area contributed by atoms with Crippen LogP contribution < -0.4 is 4.74 Å². The number of methoxy groups -OCH3 is 1. The van der Waals surface area contributed by atoms with Gasteiger partial charge < -0.3 is 14.7 Å². The molecule has 1 aromatic rings. The first-order valence-electron chi connectivity index (χ1n) is 5.77. The van der Waals surface area contributed by atoms with E-state index in [0.717, 1.165) is 12.8 Å². The fraction of sp³-hybridized carbons (Fsp3) is 0.462. The molecule has 0 heterocycles. The van der Waals surface area contributed by atoms with Gasteiger partial charge in [-0.1, -0.05) is 0 Å². The van der Waals surface area contributed by atoms with Crippen molar-refractivity contribution in [3.05, 3.63) is 23.8 Å². The summed E-state index contributed by atoms with van der Waals surface area (Å²) in [6.07, 6.45) is 3.34. The lowest BCUT2D eigenvalue weighted by Gasteiger charge is -2.34. The van der Waals surface area contributed by atoms with Gasteiger partial charge in [0.15, 0.2) is 11.5 Å². The summed E-state index contributed by atoms with van der Waals surface area (Å²) in [4.78, 5) is 13.9. The Hall–Kier alpha value is -1.71. The van der Waals surface area contributed by atoms with Gasteiger partial charge in [0.2, 0.25) is 0 Å². The number of aromatic hydroxyl groups is 1. The number of phenolic OH excluding ortho intramolecular Hbond substituents is 1. The number of ether oxygens (including phenoxy) is 1. The van der Waals surface area contributed by atoms with Gasteiger partial charge in [-0.05, 0) is 37.5 Å². The fourth-order valence-electron chi connectivity index (χ4n) is 1.97. The van der Waals surface area contributed by atoms with Crippen LogP contribution in [0.15, 0.2) is 18.2 Å². The topological polar surface area (TPSA) is 49.8 Å². The van der Waals surface area contributed by atoms with E-state index < -0.39 is 0 Å². The zero-order valence-electron chi connectivity index (χ0n) is 10.1. The molecular formula is C13H17NO3. The molecule has 17 heavy (non-hydrogen) atoms. The summed E-state index contributed by atoms with van der Waals surface area (Å²) < 4.78 is 4.95. The monoisotopic (exact) mass is 235 g/mol. The minimum Gasteiger partial charge on any atom is -0.504 e. The Morgan fingerprint density at radius 1 is 1.47 bits per heavy atom. The molecule has 1 aliphatic rings. The van der Waals surface area contributed by atoms with Gasteiger partial charge in [0.1, 0.15) is 0 Å². The van der Waals surface area contributed by atoms with Crippen molar-refractivity contribution in [3.8, 4) is 11.5 Å². The van der Waals surface area contributed by atoms with Gasteiger partial charge in [-0.2, -0.15) is 0 Å². The predicted octanol–water partition coefficient (Wildman–Crippen LogP) is 2.03. The van der Waals surface area contributed by atoms with Crippen LogP contribution in [0.3, 0.4) is 0 Å². The number of hydrogen-bond acceptors (Lipinski definition) is 3. The van der Waals surface area contributed by atoms with Crippen molar-refractivity contribution in [3.63, 3.8) is 0 Å². The molecule has 4 heteroatoms. The van der Waals surface area contributed by atoms with Crippen LogP contribution in [0, 0.1) is 0 Å². The molecule has 92 valence electrons. The van der Waals surface area contributed by atoms with Crippen molar-refractivity contribution < 1.29 is 14.6 Å². The summed E-state index contributed by atoms with van der Waals surface area (Å²) >= 11 is 0. The number of phenols is 1. The van der Waals surface area contributed by atoms with Crippen molar-refractivity contribution in [1.29, 1.82) is 0 Å². The lowest BCUT2D eigenvalue weighted by atomic mass is 9.91. The molecule has 0 spiro atoms. The second-order valence-corrected chi connectivity index (χ2v) is 4.39. The van der Waals surface area contributed by atoms with Gasteiger partial charge in [0.05, 0.1) is 7.11 Å². The lowest BCUT2D eigenvalue weighted by molar-refractivity contribution is 0.0651. The van der Waals surface area contributed by atoms with Crippen molar-refractivity contribution in [2.45, 2.75) is 25.3 Å². The van der Waals surface area contributed by atoms with Crippen molar-refractivity contribution >= 4 is 5.91 Å². The van der Waals surface area contributed by atoms with Crippen LogP contribution in [0.1, 0.15) is 29.6 Å². The largest absolute Gasteiger partial charge is 0.504 e. The smallest absolute Gasteiger partial charge is 0.253 e. The van der Waals surface area contributed by atoms with E-state index in [1.807, 2.05) is 7.05 Å². The van der Waals surface area contributed by atoms with Crippen LogP contribution in [-0.4, -0.2) is 36.1 Å². The molecule has 1 saturated carbocycles. The summed E-state index contributed by atoms with van der Waals surface area (Å²) in [5, 5.41) is 9.64. The number of rotatable bonds is 3. The number of carbonyl (C=O) groups is 1. The Morgan fingerprint density at radius 3 is 2.65 bits per heavy atom. The highest BCUT2D eigenvalue weighted by Gasteiger charge is 2.26. The second kappa shape index (κ2) is 4.65. The minimum atomic E-state index is -0.0485. The van der Waals surface area contributed by atoms with Crippen LogP contribution in [0.25, 0.3) is 0 Å². The molecular weight excluding hydrogens is 218 g/mol. The average molecular weight is 235 g/mol. The summed E-state index contributed by atoms with van der Waals surface area (Å²) in [6.45, 7) is 0. The lowest BCUT2D eigenvalue weighted by Crippen LogP contribution is -2.41. The summed E-state index contributed by atoms with van der Waals surface area (Å²) in [5.41, 5.74) is 0.498.